The van der Waals surface area contributed by atoms with Gasteiger partial charge in [0.15, 0.2) is 0 Å². The Balaban J connectivity index is 0.00000120. The number of halogens is 2. The molecule has 2 aromatic heterocycles. The van der Waals surface area contributed by atoms with Crippen molar-refractivity contribution in [2.45, 2.75) is 0 Å². The van der Waals surface area contributed by atoms with Gasteiger partial charge in [-0.15, -0.1) is 12.4 Å². The number of H-pyrrole nitrogens is 1. The van der Waals surface area contributed by atoms with E-state index in [4.69, 9.17) is 5.73 Å². The molecule has 0 saturated carbocycles. The van der Waals surface area contributed by atoms with Gasteiger partial charge in [0.05, 0.1) is 5.69 Å². The van der Waals surface area contributed by atoms with Gasteiger partial charge in [-0.2, -0.15) is 0 Å². The number of anilines is 1. The minimum Gasteiger partial charge on any atom is -0.368 e. The molecule has 6 heteroatoms. The smallest absolute Gasteiger partial charge is 0.220 e. The average Bonchev–Trinajstić information content (AvgIpc) is 2.71. The fraction of sp³-hybridized carbons (Fsp3) is 0. The zero-order valence-corrected chi connectivity index (χ0v) is 11.6. The number of nitrogens with one attached hydrogen (secondary N) is 1. The van der Waals surface area contributed by atoms with Crippen LogP contribution in [0.2, 0.25) is 0 Å². The lowest BCUT2D eigenvalue weighted by Crippen LogP contribution is -1.94. The van der Waals surface area contributed by atoms with Crippen molar-refractivity contribution in [3.05, 3.63) is 41.1 Å². The van der Waals surface area contributed by atoms with E-state index in [0.29, 0.717) is 0 Å². The highest BCUT2D eigenvalue weighted by Crippen LogP contribution is 2.29. The normalized spacial score (nSPS) is 10.3. The number of nitrogens with two attached hydrogens (primary N) is 1. The van der Waals surface area contributed by atoms with E-state index in [-0.39, 0.29) is 18.4 Å². The lowest BCUT2D eigenvalue weighted by molar-refractivity contribution is 1.19. The Morgan fingerprint density at radius 1 is 1.22 bits per heavy atom. The third-order valence-corrected chi connectivity index (χ3v) is 3.09. The molecule has 0 aliphatic carbocycles. The molecule has 4 nitrogen and oxygen atoms in total. The van der Waals surface area contributed by atoms with E-state index in [1.807, 2.05) is 24.4 Å². The maximum Gasteiger partial charge on any atom is 0.220 e. The molecule has 0 atom stereocenters. The maximum atomic E-state index is 5.60. The summed E-state index contributed by atoms with van der Waals surface area (Å²) in [4.78, 5) is 11.3. The number of aromatic nitrogens is 3. The van der Waals surface area contributed by atoms with E-state index in [0.717, 1.165) is 26.6 Å². The number of benzene rings is 1. The summed E-state index contributed by atoms with van der Waals surface area (Å²) in [5, 5.41) is 1.11. The van der Waals surface area contributed by atoms with Crippen molar-refractivity contribution in [2.75, 3.05) is 5.73 Å². The zero-order chi connectivity index (χ0) is 11.8. The third kappa shape index (κ3) is 2.19. The molecule has 0 amide bonds. The summed E-state index contributed by atoms with van der Waals surface area (Å²) in [7, 11) is 0. The molecule has 0 bridgehead atoms. The molecule has 3 rings (SSSR count). The highest BCUT2D eigenvalue weighted by molar-refractivity contribution is 9.10. The number of fused-ring (bicyclic) bond motifs is 1. The van der Waals surface area contributed by atoms with E-state index in [1.165, 1.54) is 0 Å². The van der Waals surface area contributed by atoms with Crippen LogP contribution in [0.15, 0.2) is 41.1 Å². The standard InChI is InChI=1S/C12H9BrN4.ClH/c13-7-1-2-10-8(5-7)9(6-16-10)11-3-4-15-12(14)17-11;/h1-6,16H,(H2,14,15,17);1H. The average molecular weight is 326 g/mol. The first-order chi connectivity index (χ1) is 8.24. The fourth-order valence-electron chi connectivity index (χ4n) is 1.83. The molecule has 18 heavy (non-hydrogen) atoms. The van der Waals surface area contributed by atoms with E-state index < -0.39 is 0 Å². The van der Waals surface area contributed by atoms with Gasteiger partial charge in [0, 0.05) is 33.3 Å². The summed E-state index contributed by atoms with van der Waals surface area (Å²) in [6.45, 7) is 0. The topological polar surface area (TPSA) is 67.6 Å². The van der Waals surface area contributed by atoms with Gasteiger partial charge >= 0.3 is 0 Å². The largest absolute Gasteiger partial charge is 0.368 e. The summed E-state index contributed by atoms with van der Waals surface area (Å²) >= 11 is 3.47. The van der Waals surface area contributed by atoms with Crippen LogP contribution in [-0.2, 0) is 0 Å². The van der Waals surface area contributed by atoms with Crippen molar-refractivity contribution in [1.82, 2.24) is 15.0 Å². The summed E-state index contributed by atoms with van der Waals surface area (Å²) in [5.41, 5.74) is 8.51. The van der Waals surface area contributed by atoms with E-state index in [1.54, 1.807) is 6.20 Å². The Kier molecular flexibility index (Phi) is 3.54. The van der Waals surface area contributed by atoms with E-state index in [9.17, 15) is 0 Å². The molecule has 0 aliphatic rings. The Morgan fingerprint density at radius 3 is 2.83 bits per heavy atom. The van der Waals surface area contributed by atoms with Crippen LogP contribution in [0.3, 0.4) is 0 Å². The number of hydrogen-bond acceptors (Lipinski definition) is 3. The van der Waals surface area contributed by atoms with E-state index in [2.05, 4.69) is 36.9 Å². The van der Waals surface area contributed by atoms with Gasteiger partial charge in [-0.25, -0.2) is 9.97 Å². The number of nitrogen functional groups attached to an aromatic ring is 1. The minimum absolute atomic E-state index is 0. The van der Waals surface area contributed by atoms with Crippen LogP contribution in [0.1, 0.15) is 0 Å². The van der Waals surface area contributed by atoms with Gasteiger partial charge in [-0.05, 0) is 24.3 Å². The highest BCUT2D eigenvalue weighted by atomic mass is 79.9. The minimum atomic E-state index is 0. The zero-order valence-electron chi connectivity index (χ0n) is 9.22. The summed E-state index contributed by atoms with van der Waals surface area (Å²) < 4.78 is 1.04. The van der Waals surface area contributed by atoms with Gasteiger partial charge in [0.2, 0.25) is 5.95 Å². The molecule has 1 aromatic carbocycles. The molecule has 0 spiro atoms. The second-order valence-electron chi connectivity index (χ2n) is 3.69. The van der Waals surface area contributed by atoms with Crippen LogP contribution in [0.25, 0.3) is 22.2 Å². The third-order valence-electron chi connectivity index (χ3n) is 2.59. The van der Waals surface area contributed by atoms with Gasteiger partial charge in [0.25, 0.3) is 0 Å². The van der Waals surface area contributed by atoms with Crippen LogP contribution in [0.4, 0.5) is 5.95 Å². The maximum absolute atomic E-state index is 5.60. The molecular weight excluding hydrogens is 316 g/mol. The lowest BCUT2D eigenvalue weighted by Gasteiger charge is -1.99. The first kappa shape index (κ1) is 12.9. The molecule has 3 N–H and O–H groups in total. The lowest BCUT2D eigenvalue weighted by atomic mass is 10.1. The monoisotopic (exact) mass is 324 g/mol. The summed E-state index contributed by atoms with van der Waals surface area (Å²) in [6, 6.07) is 7.92. The molecule has 0 fully saturated rings. The Labute approximate surface area is 118 Å². The Hall–Kier alpha value is -1.59. The summed E-state index contributed by atoms with van der Waals surface area (Å²) in [6.07, 6.45) is 3.59. The summed E-state index contributed by atoms with van der Waals surface area (Å²) in [5.74, 6) is 0.284. The van der Waals surface area contributed by atoms with Crippen molar-refractivity contribution in [3.63, 3.8) is 0 Å². The van der Waals surface area contributed by atoms with Gasteiger partial charge in [-0.1, -0.05) is 15.9 Å². The number of nitrogens with zero attached hydrogens (tertiary/aromatic N) is 2. The predicted octanol–water partition coefficient (Wildman–Crippen LogP) is 3.39. The van der Waals surface area contributed by atoms with Crippen molar-refractivity contribution in [2.24, 2.45) is 0 Å². The van der Waals surface area contributed by atoms with Gasteiger partial charge in [0.1, 0.15) is 0 Å². The van der Waals surface area contributed by atoms with Gasteiger partial charge < -0.3 is 10.7 Å². The quantitative estimate of drug-likeness (QED) is 0.720. The second-order valence-corrected chi connectivity index (χ2v) is 4.61. The number of hydrogen-bond donors (Lipinski definition) is 2. The number of aromatic amines is 1. The van der Waals surface area contributed by atoms with Crippen LogP contribution >= 0.6 is 28.3 Å². The highest BCUT2D eigenvalue weighted by Gasteiger charge is 2.08. The molecular formula is C12H10BrClN4. The van der Waals surface area contributed by atoms with Crippen LogP contribution in [0, 0.1) is 0 Å². The Morgan fingerprint density at radius 2 is 2.06 bits per heavy atom. The molecule has 0 unspecified atom stereocenters. The molecule has 3 aromatic rings. The number of rotatable bonds is 1. The fourth-order valence-corrected chi connectivity index (χ4v) is 2.19. The first-order valence-corrected chi connectivity index (χ1v) is 5.89. The van der Waals surface area contributed by atoms with Crippen molar-refractivity contribution in [3.8, 4) is 11.3 Å². The van der Waals surface area contributed by atoms with Crippen LogP contribution < -0.4 is 5.73 Å². The SMILES string of the molecule is Cl.Nc1nccc(-c2c[nH]c3ccc(Br)cc23)n1. The molecule has 0 saturated heterocycles. The van der Waals surface area contributed by atoms with Crippen molar-refractivity contribution >= 4 is 45.2 Å². The second kappa shape index (κ2) is 4.96. The van der Waals surface area contributed by atoms with E-state index >= 15 is 0 Å². The molecule has 0 aliphatic heterocycles. The van der Waals surface area contributed by atoms with Crippen LogP contribution in [-0.4, -0.2) is 15.0 Å². The first-order valence-electron chi connectivity index (χ1n) is 5.09. The predicted molar refractivity (Wildman–Crippen MR) is 78.7 cm³/mol. The molecule has 0 radical (unpaired) electrons. The Bertz CT molecular complexity index is 695. The van der Waals surface area contributed by atoms with Crippen molar-refractivity contribution in [1.29, 1.82) is 0 Å². The van der Waals surface area contributed by atoms with Gasteiger partial charge in [-0.3, -0.25) is 0 Å². The molecule has 92 valence electrons. The molecule has 2 heterocycles. The van der Waals surface area contributed by atoms with Crippen molar-refractivity contribution < 1.29 is 0 Å². The van der Waals surface area contributed by atoms with Crippen LogP contribution in [0.5, 0.6) is 0 Å².